The van der Waals surface area contributed by atoms with E-state index in [1.54, 1.807) is 35.4 Å². The second-order valence-electron chi connectivity index (χ2n) is 5.46. The molecular weight excluding hydrogens is 324 g/mol. The molecule has 9 heteroatoms. The minimum Gasteiger partial charge on any atom is -0.465 e. The Morgan fingerprint density at radius 2 is 2.08 bits per heavy atom. The Labute approximate surface area is 144 Å². The van der Waals surface area contributed by atoms with E-state index in [-0.39, 0.29) is 0 Å². The van der Waals surface area contributed by atoms with Gasteiger partial charge in [0, 0.05) is 31.9 Å². The van der Waals surface area contributed by atoms with Crippen LogP contribution in [-0.4, -0.2) is 65.7 Å². The highest BCUT2D eigenvalue weighted by molar-refractivity contribution is 5.90. The van der Waals surface area contributed by atoms with E-state index in [2.05, 4.69) is 20.5 Å². The molecule has 0 aliphatic carbocycles. The maximum atomic E-state index is 11.6. The van der Waals surface area contributed by atoms with Crippen molar-refractivity contribution in [1.29, 1.82) is 0 Å². The summed E-state index contributed by atoms with van der Waals surface area (Å²) in [6.07, 6.45) is 2.45. The number of esters is 1. The summed E-state index contributed by atoms with van der Waals surface area (Å²) in [5.41, 5.74) is 1.09. The highest BCUT2D eigenvalue weighted by atomic mass is 16.5. The largest absolute Gasteiger partial charge is 0.465 e. The molecule has 0 radical (unpaired) electrons. The molecule has 1 amide bonds. The minimum atomic E-state index is -0.413. The summed E-state index contributed by atoms with van der Waals surface area (Å²) in [5, 5.41) is 11.0. The van der Waals surface area contributed by atoms with Crippen LogP contribution in [0.1, 0.15) is 10.4 Å². The summed E-state index contributed by atoms with van der Waals surface area (Å²) >= 11 is 0. The van der Waals surface area contributed by atoms with E-state index < -0.39 is 5.97 Å². The summed E-state index contributed by atoms with van der Waals surface area (Å²) in [4.78, 5) is 30.6. The van der Waals surface area contributed by atoms with Crippen LogP contribution in [0.15, 0.2) is 30.5 Å². The fraction of sp³-hybridized carbons (Fsp3) is 0.312. The Morgan fingerprint density at radius 1 is 1.28 bits per heavy atom. The first-order valence-electron chi connectivity index (χ1n) is 7.79. The van der Waals surface area contributed by atoms with Gasteiger partial charge in [-0.1, -0.05) is 6.07 Å². The molecule has 0 saturated carbocycles. The van der Waals surface area contributed by atoms with Gasteiger partial charge in [-0.2, -0.15) is 10.1 Å². The number of anilines is 3. The number of carbonyl (C=O) groups is 2. The normalized spacial score (nSPS) is 14.1. The molecule has 1 aliphatic rings. The van der Waals surface area contributed by atoms with E-state index in [9.17, 15) is 9.59 Å². The Balaban J connectivity index is 1.72. The lowest BCUT2D eigenvalue weighted by molar-refractivity contribution is -0.118. The van der Waals surface area contributed by atoms with E-state index in [1.165, 1.54) is 7.11 Å². The van der Waals surface area contributed by atoms with Gasteiger partial charge in [0.1, 0.15) is 0 Å². The van der Waals surface area contributed by atoms with Crippen LogP contribution in [0, 0.1) is 0 Å². The van der Waals surface area contributed by atoms with Crippen LogP contribution in [0.25, 0.3) is 0 Å². The summed E-state index contributed by atoms with van der Waals surface area (Å²) < 4.78 is 4.71. The molecule has 0 unspecified atom stereocenters. The number of amides is 1. The van der Waals surface area contributed by atoms with Crippen LogP contribution in [0.2, 0.25) is 0 Å². The van der Waals surface area contributed by atoms with Gasteiger partial charge >= 0.3 is 5.97 Å². The zero-order valence-corrected chi connectivity index (χ0v) is 13.8. The van der Waals surface area contributed by atoms with Gasteiger partial charge in [0.25, 0.3) is 0 Å². The number of nitrogens with zero attached hydrogens (tertiary/aromatic N) is 5. The van der Waals surface area contributed by atoms with Gasteiger partial charge in [-0.15, -0.1) is 5.10 Å². The summed E-state index contributed by atoms with van der Waals surface area (Å²) in [7, 11) is 1.34. The first kappa shape index (κ1) is 16.6. The maximum absolute atomic E-state index is 11.6. The number of aromatic nitrogens is 3. The molecule has 0 atom stereocenters. The number of benzene rings is 1. The number of piperazine rings is 1. The Hall–Kier alpha value is -3.23. The quantitative estimate of drug-likeness (QED) is 0.625. The number of nitrogens with one attached hydrogen (secondary N) is 1. The van der Waals surface area contributed by atoms with Gasteiger partial charge in [-0.25, -0.2) is 4.79 Å². The van der Waals surface area contributed by atoms with E-state index in [1.807, 2.05) is 4.90 Å². The molecule has 130 valence electrons. The third-order valence-corrected chi connectivity index (χ3v) is 3.87. The SMILES string of the molecule is COC(=O)c1cccc(Nc2nncc(N3CCN(C=O)CC3)n2)c1. The Morgan fingerprint density at radius 3 is 2.80 bits per heavy atom. The standard InChI is InChI=1S/C16H18N6O3/c1-25-15(24)12-3-2-4-13(9-12)18-16-19-14(10-17-20-16)22-7-5-21(11-23)6-8-22/h2-4,9-11H,5-8H2,1H3,(H,18,19,20). The summed E-state index contributed by atoms with van der Waals surface area (Å²) in [5.74, 6) is 0.606. The molecule has 9 nitrogen and oxygen atoms in total. The molecule has 2 heterocycles. The zero-order valence-electron chi connectivity index (χ0n) is 13.8. The molecule has 3 rings (SSSR count). The first-order valence-corrected chi connectivity index (χ1v) is 7.79. The van der Waals surface area contributed by atoms with Gasteiger partial charge in [-0.3, -0.25) is 4.79 Å². The number of hydrogen-bond acceptors (Lipinski definition) is 8. The molecule has 1 aromatic heterocycles. The third-order valence-electron chi connectivity index (χ3n) is 3.87. The zero-order chi connectivity index (χ0) is 17.6. The van der Waals surface area contributed by atoms with Crippen molar-refractivity contribution in [2.45, 2.75) is 0 Å². The molecule has 1 aliphatic heterocycles. The minimum absolute atomic E-state index is 0.331. The van der Waals surface area contributed by atoms with E-state index >= 15 is 0 Å². The number of carbonyl (C=O) groups excluding carboxylic acids is 2. The van der Waals surface area contributed by atoms with Crippen LogP contribution < -0.4 is 10.2 Å². The maximum Gasteiger partial charge on any atom is 0.337 e. The fourth-order valence-corrected chi connectivity index (χ4v) is 2.53. The lowest BCUT2D eigenvalue weighted by Gasteiger charge is -2.33. The van der Waals surface area contributed by atoms with Crippen molar-refractivity contribution in [3.8, 4) is 0 Å². The molecule has 1 saturated heterocycles. The van der Waals surface area contributed by atoms with Crippen LogP contribution in [-0.2, 0) is 9.53 Å². The van der Waals surface area contributed by atoms with E-state index in [0.717, 1.165) is 6.41 Å². The Bertz CT molecular complexity index is 761. The van der Waals surface area contributed by atoms with Gasteiger partial charge < -0.3 is 19.9 Å². The molecule has 1 fully saturated rings. The van der Waals surface area contributed by atoms with Crippen molar-refractivity contribution >= 4 is 29.8 Å². The van der Waals surface area contributed by atoms with Crippen molar-refractivity contribution in [2.75, 3.05) is 43.5 Å². The van der Waals surface area contributed by atoms with Gasteiger partial charge in [0.2, 0.25) is 12.4 Å². The van der Waals surface area contributed by atoms with Crippen molar-refractivity contribution in [3.05, 3.63) is 36.0 Å². The second kappa shape index (κ2) is 7.56. The van der Waals surface area contributed by atoms with Crippen molar-refractivity contribution in [2.24, 2.45) is 0 Å². The van der Waals surface area contributed by atoms with Crippen LogP contribution in [0.4, 0.5) is 17.5 Å². The highest BCUT2D eigenvalue weighted by Gasteiger charge is 2.17. The van der Waals surface area contributed by atoms with Gasteiger partial charge in [0.05, 0.1) is 18.9 Å². The molecular formula is C16H18N6O3. The van der Waals surface area contributed by atoms with Crippen LogP contribution in [0.5, 0.6) is 0 Å². The number of hydrogen-bond donors (Lipinski definition) is 1. The average molecular weight is 342 g/mol. The predicted octanol–water partition coefficient (Wildman–Crippen LogP) is 0.680. The molecule has 1 N–H and O–H groups in total. The number of ether oxygens (including phenoxy) is 1. The third kappa shape index (κ3) is 4.00. The average Bonchev–Trinajstić information content (AvgIpc) is 2.68. The first-order chi connectivity index (χ1) is 12.2. The van der Waals surface area contributed by atoms with Crippen LogP contribution >= 0.6 is 0 Å². The number of methoxy groups -OCH3 is 1. The smallest absolute Gasteiger partial charge is 0.337 e. The monoisotopic (exact) mass is 342 g/mol. The van der Waals surface area contributed by atoms with E-state index in [0.29, 0.717) is 49.2 Å². The molecule has 2 aromatic rings. The van der Waals surface area contributed by atoms with Gasteiger partial charge in [-0.05, 0) is 18.2 Å². The van der Waals surface area contributed by atoms with Crippen molar-refractivity contribution in [3.63, 3.8) is 0 Å². The number of rotatable bonds is 5. The second-order valence-corrected chi connectivity index (χ2v) is 5.46. The molecule has 1 aromatic carbocycles. The lowest BCUT2D eigenvalue weighted by atomic mass is 10.2. The highest BCUT2D eigenvalue weighted by Crippen LogP contribution is 2.18. The van der Waals surface area contributed by atoms with Crippen LogP contribution in [0.3, 0.4) is 0 Å². The fourth-order valence-electron chi connectivity index (χ4n) is 2.53. The molecule has 0 spiro atoms. The molecule has 25 heavy (non-hydrogen) atoms. The molecule has 0 bridgehead atoms. The Kier molecular flexibility index (Phi) is 5.03. The summed E-state index contributed by atoms with van der Waals surface area (Å²) in [6, 6.07) is 6.86. The topological polar surface area (TPSA) is 101 Å². The summed E-state index contributed by atoms with van der Waals surface area (Å²) in [6.45, 7) is 2.68. The lowest BCUT2D eigenvalue weighted by Crippen LogP contribution is -2.46. The predicted molar refractivity (Wildman–Crippen MR) is 90.7 cm³/mol. The van der Waals surface area contributed by atoms with Gasteiger partial charge in [0.15, 0.2) is 5.82 Å². The van der Waals surface area contributed by atoms with Crippen molar-refractivity contribution in [1.82, 2.24) is 20.1 Å². The van der Waals surface area contributed by atoms with Crippen molar-refractivity contribution < 1.29 is 14.3 Å². The van der Waals surface area contributed by atoms with E-state index in [4.69, 9.17) is 4.74 Å².